The molecule has 1 aliphatic heterocycles. The number of azo groups is 1. The summed E-state index contributed by atoms with van der Waals surface area (Å²) in [6.07, 6.45) is 0.863. The van der Waals surface area contributed by atoms with Crippen molar-refractivity contribution in [3.8, 4) is 0 Å². The predicted octanol–water partition coefficient (Wildman–Crippen LogP) is 2.58. The summed E-state index contributed by atoms with van der Waals surface area (Å²) in [5.41, 5.74) is 0.0768. The normalized spacial score (nSPS) is 31.3. The van der Waals surface area contributed by atoms with Gasteiger partial charge >= 0.3 is 0 Å². The van der Waals surface area contributed by atoms with Gasteiger partial charge in [-0.05, 0) is 6.42 Å². The van der Waals surface area contributed by atoms with Crippen molar-refractivity contribution in [2.45, 2.75) is 46.6 Å². The summed E-state index contributed by atoms with van der Waals surface area (Å²) in [5, 5.41) is 8.07. The van der Waals surface area contributed by atoms with E-state index in [4.69, 9.17) is 4.74 Å². The SMILES string of the molecule is CCC1N=NC(C(C)(C)C)O1. The third kappa shape index (κ3) is 1.99. The largest absolute Gasteiger partial charge is 0.327 e. The highest BCUT2D eigenvalue weighted by molar-refractivity contribution is 4.75. The van der Waals surface area contributed by atoms with E-state index in [0.717, 1.165) is 6.42 Å². The van der Waals surface area contributed by atoms with Crippen molar-refractivity contribution in [3.63, 3.8) is 0 Å². The maximum atomic E-state index is 5.54. The number of ether oxygens (including phenoxy) is 1. The second-order valence-electron chi connectivity index (χ2n) is 3.95. The third-order valence-corrected chi connectivity index (χ3v) is 1.68. The minimum Gasteiger partial charge on any atom is -0.327 e. The van der Waals surface area contributed by atoms with Crippen LogP contribution in [0.3, 0.4) is 0 Å². The predicted molar refractivity (Wildman–Crippen MR) is 43.3 cm³/mol. The van der Waals surface area contributed by atoms with E-state index in [1.165, 1.54) is 0 Å². The smallest absolute Gasteiger partial charge is 0.176 e. The Morgan fingerprint density at radius 2 is 1.91 bits per heavy atom. The lowest BCUT2D eigenvalue weighted by Crippen LogP contribution is -2.26. The molecule has 1 rings (SSSR count). The van der Waals surface area contributed by atoms with E-state index in [9.17, 15) is 0 Å². The standard InChI is InChI=1S/C8H16N2O/c1-5-6-9-10-7(11-6)8(2,3)4/h6-7H,5H2,1-4H3. The van der Waals surface area contributed by atoms with Gasteiger partial charge in [0.05, 0.1) is 0 Å². The Morgan fingerprint density at radius 1 is 1.27 bits per heavy atom. The Morgan fingerprint density at radius 3 is 2.18 bits per heavy atom. The molecule has 0 saturated heterocycles. The zero-order valence-electron chi connectivity index (χ0n) is 7.66. The first-order valence-corrected chi connectivity index (χ1v) is 4.09. The Kier molecular flexibility index (Phi) is 2.28. The molecule has 0 aromatic rings. The highest BCUT2D eigenvalue weighted by Gasteiger charge is 2.31. The summed E-state index contributed by atoms with van der Waals surface area (Å²) in [5.74, 6) is 0. The summed E-state index contributed by atoms with van der Waals surface area (Å²) >= 11 is 0. The fraction of sp³-hybridized carbons (Fsp3) is 1.00. The van der Waals surface area contributed by atoms with Crippen molar-refractivity contribution >= 4 is 0 Å². The summed E-state index contributed by atoms with van der Waals surface area (Å²) < 4.78 is 5.54. The first kappa shape index (κ1) is 8.65. The highest BCUT2D eigenvalue weighted by atomic mass is 16.5. The quantitative estimate of drug-likeness (QED) is 0.574. The zero-order valence-corrected chi connectivity index (χ0v) is 7.66. The van der Waals surface area contributed by atoms with Crippen LogP contribution in [0.15, 0.2) is 10.2 Å². The van der Waals surface area contributed by atoms with Crippen molar-refractivity contribution in [3.05, 3.63) is 0 Å². The lowest BCUT2D eigenvalue weighted by Gasteiger charge is -2.22. The number of hydrogen-bond donors (Lipinski definition) is 0. The average molecular weight is 156 g/mol. The van der Waals surface area contributed by atoms with Crippen LogP contribution in [0.25, 0.3) is 0 Å². The average Bonchev–Trinajstić information content (AvgIpc) is 2.32. The van der Waals surface area contributed by atoms with Crippen LogP contribution < -0.4 is 0 Å². The van der Waals surface area contributed by atoms with Gasteiger partial charge in [0.25, 0.3) is 0 Å². The van der Waals surface area contributed by atoms with Crippen LogP contribution in [0.4, 0.5) is 0 Å². The van der Waals surface area contributed by atoms with E-state index < -0.39 is 0 Å². The Hall–Kier alpha value is -0.440. The molecule has 64 valence electrons. The minimum absolute atomic E-state index is 0.000718. The molecule has 0 aromatic carbocycles. The van der Waals surface area contributed by atoms with Crippen molar-refractivity contribution in [2.24, 2.45) is 15.6 Å². The van der Waals surface area contributed by atoms with E-state index in [0.29, 0.717) is 0 Å². The van der Waals surface area contributed by atoms with Gasteiger partial charge in [0, 0.05) is 5.41 Å². The van der Waals surface area contributed by atoms with Crippen LogP contribution in [-0.4, -0.2) is 12.5 Å². The van der Waals surface area contributed by atoms with Crippen molar-refractivity contribution in [2.75, 3.05) is 0 Å². The summed E-state index contributed by atoms with van der Waals surface area (Å²) in [4.78, 5) is 0. The molecule has 0 spiro atoms. The second kappa shape index (κ2) is 2.89. The van der Waals surface area contributed by atoms with Gasteiger partial charge in [-0.15, -0.1) is 0 Å². The van der Waals surface area contributed by atoms with E-state index in [2.05, 4.69) is 37.9 Å². The fourth-order valence-corrected chi connectivity index (χ4v) is 0.893. The molecule has 0 bridgehead atoms. The first-order valence-electron chi connectivity index (χ1n) is 4.09. The van der Waals surface area contributed by atoms with Crippen LogP contribution in [-0.2, 0) is 4.74 Å². The first-order chi connectivity index (χ1) is 5.04. The second-order valence-corrected chi connectivity index (χ2v) is 3.95. The molecule has 0 saturated carbocycles. The molecular formula is C8H16N2O. The maximum absolute atomic E-state index is 5.54. The Labute approximate surface area is 67.8 Å². The van der Waals surface area contributed by atoms with Gasteiger partial charge in [0.2, 0.25) is 0 Å². The molecule has 11 heavy (non-hydrogen) atoms. The molecular weight excluding hydrogens is 140 g/mol. The molecule has 0 radical (unpaired) electrons. The number of hydrogen-bond acceptors (Lipinski definition) is 3. The fourth-order valence-electron chi connectivity index (χ4n) is 0.893. The molecule has 0 fully saturated rings. The number of rotatable bonds is 1. The van der Waals surface area contributed by atoms with Crippen LogP contribution in [0, 0.1) is 5.41 Å². The van der Waals surface area contributed by atoms with Gasteiger partial charge < -0.3 is 4.74 Å². The zero-order chi connectivity index (χ0) is 8.48. The molecule has 2 unspecified atom stereocenters. The topological polar surface area (TPSA) is 34.0 Å². The molecule has 1 aliphatic rings. The molecule has 0 aromatic heterocycles. The van der Waals surface area contributed by atoms with Crippen molar-refractivity contribution in [1.29, 1.82) is 0 Å². The van der Waals surface area contributed by atoms with Gasteiger partial charge in [-0.1, -0.05) is 27.7 Å². The van der Waals surface area contributed by atoms with Crippen LogP contribution >= 0.6 is 0 Å². The number of nitrogens with zero attached hydrogens (tertiary/aromatic N) is 2. The molecule has 0 aliphatic carbocycles. The summed E-state index contributed by atoms with van der Waals surface area (Å²) in [6.45, 7) is 8.37. The van der Waals surface area contributed by atoms with Gasteiger partial charge in [0.15, 0.2) is 12.5 Å². The molecule has 0 amide bonds. The minimum atomic E-state index is -0.0487. The maximum Gasteiger partial charge on any atom is 0.176 e. The van der Waals surface area contributed by atoms with Crippen LogP contribution in [0.5, 0.6) is 0 Å². The van der Waals surface area contributed by atoms with E-state index >= 15 is 0 Å². The van der Waals surface area contributed by atoms with E-state index in [1.807, 2.05) is 0 Å². The van der Waals surface area contributed by atoms with Gasteiger partial charge in [0.1, 0.15) is 0 Å². The molecule has 0 N–H and O–H groups in total. The van der Waals surface area contributed by atoms with Crippen molar-refractivity contribution in [1.82, 2.24) is 0 Å². The van der Waals surface area contributed by atoms with Crippen LogP contribution in [0.2, 0.25) is 0 Å². The Balaban J connectivity index is 2.50. The van der Waals surface area contributed by atoms with Gasteiger partial charge in [-0.3, -0.25) is 0 Å². The third-order valence-electron chi connectivity index (χ3n) is 1.68. The lowest BCUT2D eigenvalue weighted by atomic mass is 9.95. The summed E-state index contributed by atoms with van der Waals surface area (Å²) in [6, 6.07) is 0. The molecule has 3 nitrogen and oxygen atoms in total. The van der Waals surface area contributed by atoms with E-state index in [1.54, 1.807) is 0 Å². The van der Waals surface area contributed by atoms with E-state index in [-0.39, 0.29) is 17.9 Å². The lowest BCUT2D eigenvalue weighted by molar-refractivity contribution is -0.0259. The van der Waals surface area contributed by atoms with Crippen molar-refractivity contribution < 1.29 is 4.74 Å². The highest BCUT2D eigenvalue weighted by Crippen LogP contribution is 2.29. The summed E-state index contributed by atoms with van der Waals surface area (Å²) in [7, 11) is 0. The Bertz CT molecular complexity index is 160. The molecule has 2 atom stereocenters. The monoisotopic (exact) mass is 156 g/mol. The van der Waals surface area contributed by atoms with Crippen LogP contribution in [0.1, 0.15) is 34.1 Å². The van der Waals surface area contributed by atoms with Gasteiger partial charge in [-0.2, -0.15) is 10.2 Å². The van der Waals surface area contributed by atoms with Gasteiger partial charge in [-0.25, -0.2) is 0 Å². The molecule has 3 heteroatoms. The molecule has 1 heterocycles.